The van der Waals surface area contributed by atoms with Gasteiger partial charge in [-0.15, -0.1) is 0 Å². The number of nitrogens with one attached hydrogen (secondary N) is 1. The van der Waals surface area contributed by atoms with Crippen LogP contribution < -0.4 is 10.2 Å². The predicted octanol–water partition coefficient (Wildman–Crippen LogP) is 4.21. The van der Waals surface area contributed by atoms with Crippen LogP contribution in [0, 0.1) is 11.8 Å². The molecule has 2 rings (SSSR count). The van der Waals surface area contributed by atoms with Gasteiger partial charge in [0, 0.05) is 41.4 Å². The van der Waals surface area contributed by atoms with Gasteiger partial charge in [0.05, 0.1) is 0 Å². The van der Waals surface area contributed by atoms with E-state index < -0.39 is 0 Å². The highest BCUT2D eigenvalue weighted by Gasteiger charge is 2.24. The average Bonchev–Trinajstić information content (AvgIpc) is 2.34. The second kappa shape index (κ2) is 6.66. The van der Waals surface area contributed by atoms with Crippen molar-refractivity contribution in [3.8, 4) is 0 Å². The Morgan fingerprint density at radius 2 is 1.90 bits per heavy atom. The van der Waals surface area contributed by atoms with Crippen LogP contribution in [0.1, 0.15) is 46.6 Å². The lowest BCUT2D eigenvalue weighted by Gasteiger charge is -2.37. The summed E-state index contributed by atoms with van der Waals surface area (Å²) < 4.78 is 1.05. The predicted molar refractivity (Wildman–Crippen MR) is 93.7 cm³/mol. The van der Waals surface area contributed by atoms with Crippen LogP contribution in [0.15, 0.2) is 16.7 Å². The molecule has 0 aliphatic carbocycles. The average molecular weight is 354 g/mol. The molecule has 0 aromatic carbocycles. The van der Waals surface area contributed by atoms with Crippen LogP contribution in [0.3, 0.4) is 0 Å². The van der Waals surface area contributed by atoms with E-state index in [4.69, 9.17) is 4.98 Å². The number of hydrogen-bond acceptors (Lipinski definition) is 3. The minimum absolute atomic E-state index is 0.113. The zero-order valence-corrected chi connectivity index (χ0v) is 15.5. The Labute approximate surface area is 137 Å². The number of halogens is 1. The molecule has 2 atom stereocenters. The fourth-order valence-corrected chi connectivity index (χ4v) is 3.46. The van der Waals surface area contributed by atoms with Crippen LogP contribution >= 0.6 is 15.9 Å². The van der Waals surface area contributed by atoms with E-state index in [9.17, 15) is 0 Å². The molecule has 0 amide bonds. The zero-order chi connectivity index (χ0) is 15.6. The van der Waals surface area contributed by atoms with Gasteiger partial charge >= 0.3 is 0 Å². The van der Waals surface area contributed by atoms with Crippen molar-refractivity contribution in [1.82, 2.24) is 10.3 Å². The Balaban J connectivity index is 2.21. The Kier molecular flexibility index (Phi) is 5.31. The molecule has 3 nitrogen and oxygen atoms in total. The van der Waals surface area contributed by atoms with Gasteiger partial charge in [-0.1, -0.05) is 13.8 Å². The summed E-state index contributed by atoms with van der Waals surface area (Å²) in [5.74, 6) is 2.62. The summed E-state index contributed by atoms with van der Waals surface area (Å²) in [4.78, 5) is 7.17. The number of nitrogens with zero attached hydrogens (tertiary/aromatic N) is 2. The molecule has 118 valence electrons. The molecule has 1 aromatic rings. The second-order valence-corrected chi connectivity index (χ2v) is 8.51. The van der Waals surface area contributed by atoms with Crippen molar-refractivity contribution in [2.75, 3.05) is 18.0 Å². The van der Waals surface area contributed by atoms with Gasteiger partial charge < -0.3 is 10.2 Å². The van der Waals surface area contributed by atoms with Crippen LogP contribution in [0.25, 0.3) is 0 Å². The normalized spacial score (nSPS) is 23.4. The van der Waals surface area contributed by atoms with Gasteiger partial charge in [-0.2, -0.15) is 0 Å². The molecule has 4 heteroatoms. The number of pyridine rings is 1. The van der Waals surface area contributed by atoms with E-state index in [1.54, 1.807) is 0 Å². The zero-order valence-electron chi connectivity index (χ0n) is 13.9. The van der Waals surface area contributed by atoms with Crippen molar-refractivity contribution in [2.45, 2.75) is 53.1 Å². The lowest BCUT2D eigenvalue weighted by Crippen LogP contribution is -2.40. The topological polar surface area (TPSA) is 28.2 Å². The van der Waals surface area contributed by atoms with E-state index in [1.165, 1.54) is 12.0 Å². The molecule has 2 heterocycles. The number of rotatable bonds is 3. The van der Waals surface area contributed by atoms with Crippen molar-refractivity contribution >= 4 is 21.7 Å². The van der Waals surface area contributed by atoms with Gasteiger partial charge in [0.15, 0.2) is 0 Å². The molecule has 21 heavy (non-hydrogen) atoms. The van der Waals surface area contributed by atoms with Gasteiger partial charge in [-0.3, -0.25) is 0 Å². The summed E-state index contributed by atoms with van der Waals surface area (Å²) in [6.07, 6.45) is 3.24. The van der Waals surface area contributed by atoms with E-state index >= 15 is 0 Å². The summed E-state index contributed by atoms with van der Waals surface area (Å²) in [6, 6.07) is 2.20. The van der Waals surface area contributed by atoms with Crippen molar-refractivity contribution in [1.29, 1.82) is 0 Å². The van der Waals surface area contributed by atoms with Gasteiger partial charge in [0.1, 0.15) is 5.82 Å². The summed E-state index contributed by atoms with van der Waals surface area (Å²) in [5, 5.41) is 3.58. The summed E-state index contributed by atoms with van der Waals surface area (Å²) in [6.45, 7) is 14.4. The monoisotopic (exact) mass is 353 g/mol. The molecule has 0 radical (unpaired) electrons. The van der Waals surface area contributed by atoms with Crippen LogP contribution in [-0.2, 0) is 6.54 Å². The van der Waals surface area contributed by atoms with Crippen molar-refractivity contribution in [3.63, 3.8) is 0 Å². The van der Waals surface area contributed by atoms with E-state index in [1.807, 2.05) is 6.20 Å². The Morgan fingerprint density at radius 1 is 1.29 bits per heavy atom. The molecule has 0 saturated carbocycles. The summed E-state index contributed by atoms with van der Waals surface area (Å²) >= 11 is 3.56. The van der Waals surface area contributed by atoms with Gasteiger partial charge in [0.2, 0.25) is 0 Å². The van der Waals surface area contributed by atoms with Gasteiger partial charge in [-0.25, -0.2) is 4.98 Å². The Morgan fingerprint density at radius 3 is 2.48 bits per heavy atom. The van der Waals surface area contributed by atoms with E-state index in [0.717, 1.165) is 41.8 Å². The molecule has 0 bridgehead atoms. The SMILES string of the molecule is CC1CC(C)CN(c2ncc(Br)cc2CNC(C)(C)C)C1. The molecule has 1 saturated heterocycles. The third-order valence-corrected chi connectivity index (χ3v) is 4.32. The third-order valence-electron chi connectivity index (χ3n) is 3.89. The molecular weight excluding hydrogens is 326 g/mol. The molecule has 1 fully saturated rings. The lowest BCUT2D eigenvalue weighted by atomic mass is 9.91. The van der Waals surface area contributed by atoms with Crippen LogP contribution in [-0.4, -0.2) is 23.6 Å². The highest BCUT2D eigenvalue weighted by atomic mass is 79.9. The summed E-state index contributed by atoms with van der Waals surface area (Å²) in [5.41, 5.74) is 1.39. The maximum atomic E-state index is 4.71. The van der Waals surface area contributed by atoms with Gasteiger partial charge in [0.25, 0.3) is 0 Å². The fraction of sp³-hybridized carbons (Fsp3) is 0.706. The first-order valence-corrected chi connectivity index (χ1v) is 8.68. The van der Waals surface area contributed by atoms with Crippen molar-refractivity contribution in [3.05, 3.63) is 22.3 Å². The first kappa shape index (κ1) is 16.8. The standard InChI is InChI=1S/C17H28BrN3/c1-12-6-13(2)11-21(10-12)16-14(7-15(18)9-19-16)8-20-17(3,4)5/h7,9,12-13,20H,6,8,10-11H2,1-5H3. The third kappa shape index (κ3) is 4.96. The van der Waals surface area contributed by atoms with Crippen molar-refractivity contribution in [2.24, 2.45) is 11.8 Å². The Hall–Kier alpha value is -0.610. The Bertz CT molecular complexity index is 471. The molecule has 1 aliphatic heterocycles. The molecule has 1 aromatic heterocycles. The molecular formula is C17H28BrN3. The summed E-state index contributed by atoms with van der Waals surface area (Å²) in [7, 11) is 0. The highest BCUT2D eigenvalue weighted by molar-refractivity contribution is 9.10. The van der Waals surface area contributed by atoms with E-state index in [2.05, 4.69) is 66.8 Å². The van der Waals surface area contributed by atoms with Crippen LogP contribution in [0.4, 0.5) is 5.82 Å². The van der Waals surface area contributed by atoms with Crippen molar-refractivity contribution < 1.29 is 0 Å². The fourth-order valence-electron chi connectivity index (χ4n) is 3.09. The smallest absolute Gasteiger partial charge is 0.133 e. The maximum absolute atomic E-state index is 4.71. The number of piperidine rings is 1. The number of hydrogen-bond donors (Lipinski definition) is 1. The quantitative estimate of drug-likeness (QED) is 0.881. The van der Waals surface area contributed by atoms with E-state index in [-0.39, 0.29) is 5.54 Å². The lowest BCUT2D eigenvalue weighted by molar-refractivity contribution is 0.354. The molecule has 1 aliphatic rings. The van der Waals surface area contributed by atoms with Crippen LogP contribution in [0.5, 0.6) is 0 Å². The molecule has 1 N–H and O–H groups in total. The molecule has 2 unspecified atom stereocenters. The number of anilines is 1. The van der Waals surface area contributed by atoms with Gasteiger partial charge in [-0.05, 0) is 61.0 Å². The highest BCUT2D eigenvalue weighted by Crippen LogP contribution is 2.28. The number of aromatic nitrogens is 1. The van der Waals surface area contributed by atoms with E-state index in [0.29, 0.717) is 0 Å². The maximum Gasteiger partial charge on any atom is 0.133 e. The first-order chi connectivity index (χ1) is 9.74. The first-order valence-electron chi connectivity index (χ1n) is 7.89. The van der Waals surface area contributed by atoms with Crippen LogP contribution in [0.2, 0.25) is 0 Å². The second-order valence-electron chi connectivity index (χ2n) is 7.59. The minimum atomic E-state index is 0.113. The largest absolute Gasteiger partial charge is 0.356 e. The molecule has 0 spiro atoms. The minimum Gasteiger partial charge on any atom is -0.356 e.